The van der Waals surface area contributed by atoms with Gasteiger partial charge in [0.2, 0.25) is 10.0 Å². The first-order valence-corrected chi connectivity index (χ1v) is 10.8. The highest BCUT2D eigenvalue weighted by Crippen LogP contribution is 2.24. The van der Waals surface area contributed by atoms with Crippen LogP contribution in [0.4, 0.5) is 0 Å². The van der Waals surface area contributed by atoms with E-state index in [9.17, 15) is 13.2 Å². The first kappa shape index (κ1) is 20.4. The first-order valence-electron chi connectivity index (χ1n) is 9.39. The summed E-state index contributed by atoms with van der Waals surface area (Å²) < 4.78 is 34.1. The minimum atomic E-state index is -3.59. The van der Waals surface area contributed by atoms with Gasteiger partial charge in [0.25, 0.3) is 5.91 Å². The number of sulfonamides is 1. The number of hydrogen-bond donors (Lipinski definition) is 1. The predicted octanol–water partition coefficient (Wildman–Crippen LogP) is 2.38. The molecule has 1 saturated heterocycles. The first-order chi connectivity index (χ1) is 13.3. The Morgan fingerprint density at radius 3 is 2.82 bits per heavy atom. The van der Waals surface area contributed by atoms with Crippen molar-refractivity contribution < 1.29 is 17.9 Å². The lowest BCUT2D eigenvalue weighted by atomic mass is 10.0. The van der Waals surface area contributed by atoms with Gasteiger partial charge in [-0.25, -0.2) is 8.42 Å². The number of benzene rings is 1. The van der Waals surface area contributed by atoms with Crippen LogP contribution >= 0.6 is 0 Å². The van der Waals surface area contributed by atoms with E-state index >= 15 is 0 Å². The van der Waals surface area contributed by atoms with Gasteiger partial charge in [0.15, 0.2) is 0 Å². The molecule has 0 unspecified atom stereocenters. The van der Waals surface area contributed by atoms with E-state index in [1.807, 2.05) is 24.3 Å². The molecular formula is C20H27N3O4S. The van der Waals surface area contributed by atoms with Crippen molar-refractivity contribution in [1.82, 2.24) is 14.2 Å². The molecule has 0 aliphatic carbocycles. The van der Waals surface area contributed by atoms with Gasteiger partial charge in [-0.05, 0) is 42.5 Å². The van der Waals surface area contributed by atoms with Gasteiger partial charge in [-0.1, -0.05) is 19.1 Å². The molecule has 1 aromatic heterocycles. The Balaban J connectivity index is 1.73. The number of rotatable bonds is 6. The van der Waals surface area contributed by atoms with Crippen molar-refractivity contribution in [2.45, 2.75) is 31.2 Å². The maximum Gasteiger partial charge on any atom is 0.268 e. The van der Waals surface area contributed by atoms with Crippen molar-refractivity contribution in [1.29, 1.82) is 0 Å². The van der Waals surface area contributed by atoms with Crippen LogP contribution in [0.2, 0.25) is 0 Å². The zero-order valence-corrected chi connectivity index (χ0v) is 17.3. The van der Waals surface area contributed by atoms with Gasteiger partial charge in [-0.2, -0.15) is 4.31 Å². The second kappa shape index (κ2) is 8.36. The molecule has 7 nitrogen and oxygen atoms in total. The van der Waals surface area contributed by atoms with Gasteiger partial charge in [-0.3, -0.25) is 4.79 Å². The number of nitrogens with one attached hydrogen (secondary N) is 1. The standard InChI is InChI=1S/C20H27N3O4S/c1-15-6-5-9-23(13-15)28(25,26)18-11-19(22(2)14-18)20(24)21-12-16-7-4-8-17(10-16)27-3/h4,7-8,10-11,14-15H,5-6,9,12-13H2,1-3H3,(H,21,24)/t15-/m0/s1. The molecular weight excluding hydrogens is 378 g/mol. The zero-order chi connectivity index (χ0) is 20.3. The fourth-order valence-electron chi connectivity index (χ4n) is 3.47. The Labute approximate surface area is 166 Å². The summed E-state index contributed by atoms with van der Waals surface area (Å²) in [4.78, 5) is 12.8. The van der Waals surface area contributed by atoms with E-state index < -0.39 is 10.0 Å². The van der Waals surface area contributed by atoms with Gasteiger partial charge in [-0.15, -0.1) is 0 Å². The summed E-state index contributed by atoms with van der Waals surface area (Å²) in [6, 6.07) is 8.88. The lowest BCUT2D eigenvalue weighted by Crippen LogP contribution is -2.38. The maximum atomic E-state index is 12.9. The molecule has 2 heterocycles. The fourth-order valence-corrected chi connectivity index (χ4v) is 5.14. The van der Waals surface area contributed by atoms with Crippen molar-refractivity contribution in [2.75, 3.05) is 20.2 Å². The molecule has 3 rings (SSSR count). The maximum absolute atomic E-state index is 12.9. The van der Waals surface area contributed by atoms with Crippen LogP contribution in [-0.4, -0.2) is 43.4 Å². The molecule has 1 fully saturated rings. The highest BCUT2D eigenvalue weighted by molar-refractivity contribution is 7.89. The van der Waals surface area contributed by atoms with Gasteiger partial charge < -0.3 is 14.6 Å². The number of amides is 1. The average molecular weight is 406 g/mol. The van der Waals surface area contributed by atoms with Crippen LogP contribution in [0.15, 0.2) is 41.4 Å². The lowest BCUT2D eigenvalue weighted by Gasteiger charge is -2.29. The largest absolute Gasteiger partial charge is 0.497 e. The summed E-state index contributed by atoms with van der Waals surface area (Å²) in [7, 11) is -0.321. The molecule has 1 aromatic carbocycles. The van der Waals surface area contributed by atoms with Crippen molar-refractivity contribution in [3.8, 4) is 5.75 Å². The number of methoxy groups -OCH3 is 1. The number of hydrogen-bond acceptors (Lipinski definition) is 4. The van der Waals surface area contributed by atoms with Gasteiger partial charge in [0, 0.05) is 32.9 Å². The fraction of sp³-hybridized carbons (Fsp3) is 0.450. The molecule has 0 saturated carbocycles. The molecule has 0 bridgehead atoms. The van der Waals surface area contributed by atoms with Crippen LogP contribution in [0, 0.1) is 5.92 Å². The number of carbonyl (C=O) groups is 1. The molecule has 2 aromatic rings. The third-order valence-electron chi connectivity index (χ3n) is 5.06. The minimum absolute atomic E-state index is 0.163. The molecule has 1 aliphatic heterocycles. The monoisotopic (exact) mass is 405 g/mol. The lowest BCUT2D eigenvalue weighted by molar-refractivity contribution is 0.0942. The third-order valence-corrected chi connectivity index (χ3v) is 6.89. The van der Waals surface area contributed by atoms with Gasteiger partial charge >= 0.3 is 0 Å². The molecule has 0 radical (unpaired) electrons. The highest BCUT2D eigenvalue weighted by Gasteiger charge is 2.30. The number of carbonyl (C=O) groups excluding carboxylic acids is 1. The summed E-state index contributed by atoms with van der Waals surface area (Å²) in [5, 5.41) is 2.84. The predicted molar refractivity (Wildman–Crippen MR) is 107 cm³/mol. The SMILES string of the molecule is COc1cccc(CNC(=O)c2cc(S(=O)(=O)N3CCC[C@H](C)C3)cn2C)c1. The number of aromatic nitrogens is 1. The molecule has 8 heteroatoms. The van der Waals surface area contributed by atoms with Crippen molar-refractivity contribution in [2.24, 2.45) is 13.0 Å². The Kier molecular flexibility index (Phi) is 6.10. The number of aryl methyl sites for hydroxylation is 1. The molecule has 0 spiro atoms. The van der Waals surface area contributed by atoms with E-state index in [1.165, 1.54) is 16.6 Å². The summed E-state index contributed by atoms with van der Waals surface area (Å²) in [6.45, 7) is 3.44. The van der Waals surface area contributed by atoms with Crippen molar-refractivity contribution >= 4 is 15.9 Å². The number of nitrogens with zero attached hydrogens (tertiary/aromatic N) is 2. The molecule has 1 atom stereocenters. The molecule has 28 heavy (non-hydrogen) atoms. The van der Waals surface area contributed by atoms with Crippen LogP contribution in [0.5, 0.6) is 5.75 Å². The number of piperidine rings is 1. The molecule has 152 valence electrons. The van der Waals surface area contributed by atoms with Crippen LogP contribution in [0.25, 0.3) is 0 Å². The summed E-state index contributed by atoms with van der Waals surface area (Å²) in [5.41, 5.74) is 1.21. The molecule has 1 aliphatic rings. The normalized spacial score (nSPS) is 18.0. The third kappa shape index (κ3) is 4.39. The van der Waals surface area contributed by atoms with Crippen LogP contribution in [0.3, 0.4) is 0 Å². The van der Waals surface area contributed by atoms with Crippen LogP contribution < -0.4 is 10.1 Å². The van der Waals surface area contributed by atoms with Crippen molar-refractivity contribution in [3.63, 3.8) is 0 Å². The average Bonchev–Trinajstić information content (AvgIpc) is 3.09. The van der Waals surface area contributed by atoms with E-state index in [-0.39, 0.29) is 10.8 Å². The highest BCUT2D eigenvalue weighted by atomic mass is 32.2. The van der Waals surface area contributed by atoms with Crippen LogP contribution in [-0.2, 0) is 23.6 Å². The topological polar surface area (TPSA) is 80.6 Å². The second-order valence-corrected chi connectivity index (χ2v) is 9.25. The molecule has 1 N–H and O–H groups in total. The van der Waals surface area contributed by atoms with E-state index in [0.717, 1.165) is 24.2 Å². The van der Waals surface area contributed by atoms with E-state index in [0.29, 0.717) is 31.2 Å². The van der Waals surface area contributed by atoms with E-state index in [1.54, 1.807) is 18.7 Å². The Bertz CT molecular complexity index is 952. The van der Waals surface area contributed by atoms with Crippen LogP contribution in [0.1, 0.15) is 35.8 Å². The Hall–Kier alpha value is -2.32. The summed E-state index contributed by atoms with van der Waals surface area (Å²) in [5.74, 6) is 0.742. The quantitative estimate of drug-likeness (QED) is 0.800. The minimum Gasteiger partial charge on any atom is -0.497 e. The van der Waals surface area contributed by atoms with Gasteiger partial charge in [0.05, 0.1) is 7.11 Å². The van der Waals surface area contributed by atoms with Crippen molar-refractivity contribution in [3.05, 3.63) is 47.8 Å². The Morgan fingerprint density at radius 2 is 2.11 bits per heavy atom. The second-order valence-electron chi connectivity index (χ2n) is 7.32. The van der Waals surface area contributed by atoms with Gasteiger partial charge in [0.1, 0.15) is 16.3 Å². The Morgan fingerprint density at radius 1 is 1.32 bits per heavy atom. The summed E-state index contributed by atoms with van der Waals surface area (Å²) in [6.07, 6.45) is 3.41. The molecule has 1 amide bonds. The van der Waals surface area contributed by atoms with E-state index in [2.05, 4.69) is 12.2 Å². The zero-order valence-electron chi connectivity index (χ0n) is 16.5. The number of ether oxygens (including phenoxy) is 1. The summed E-state index contributed by atoms with van der Waals surface area (Å²) >= 11 is 0. The smallest absolute Gasteiger partial charge is 0.268 e. The van der Waals surface area contributed by atoms with E-state index in [4.69, 9.17) is 4.74 Å².